The number of aliphatic imine (C=N–C) groups is 1. The van der Waals surface area contributed by atoms with Crippen molar-refractivity contribution in [2.24, 2.45) is 10.9 Å². The van der Waals surface area contributed by atoms with Crippen LogP contribution in [0.4, 0.5) is 4.79 Å². The van der Waals surface area contributed by atoms with Gasteiger partial charge in [0.1, 0.15) is 5.69 Å². The number of hydrogen-bond acceptors (Lipinski definition) is 4. The Balaban J connectivity index is 1.70. The van der Waals surface area contributed by atoms with Gasteiger partial charge < -0.3 is 0 Å². The van der Waals surface area contributed by atoms with Gasteiger partial charge in [-0.2, -0.15) is 0 Å². The molecule has 1 aromatic heterocycles. The third-order valence-electron chi connectivity index (χ3n) is 6.00. The van der Waals surface area contributed by atoms with Crippen molar-refractivity contribution < 1.29 is 14.2 Å². The average Bonchev–Trinajstić information content (AvgIpc) is 3.30. The van der Waals surface area contributed by atoms with Crippen molar-refractivity contribution in [3.63, 3.8) is 0 Å². The first kappa shape index (κ1) is 21.9. The van der Waals surface area contributed by atoms with Crippen LogP contribution in [0.5, 0.6) is 0 Å². The van der Waals surface area contributed by atoms with E-state index < -0.39 is 6.04 Å². The van der Waals surface area contributed by atoms with Gasteiger partial charge in [-0.25, -0.2) is 9.37 Å². The Kier molecular flexibility index (Phi) is 5.95. The lowest BCUT2D eigenvalue weighted by Gasteiger charge is -2.34. The highest BCUT2D eigenvalue weighted by Gasteiger charge is 2.52. The van der Waals surface area contributed by atoms with Gasteiger partial charge >= 0.3 is 12.0 Å². The molecule has 1 aromatic carbocycles. The topological polar surface area (TPSA) is 73.8 Å². The minimum absolute atomic E-state index is 0.219. The molecule has 3 amide bonds. The first-order valence-corrected chi connectivity index (χ1v) is 11.2. The molecule has 0 aliphatic carbocycles. The Morgan fingerprint density at radius 1 is 1.12 bits per heavy atom. The van der Waals surface area contributed by atoms with E-state index in [1.807, 2.05) is 54.8 Å². The first-order valence-electron chi connectivity index (χ1n) is 11.2. The highest BCUT2D eigenvalue weighted by atomic mass is 16.2. The van der Waals surface area contributed by atoms with E-state index in [-0.39, 0.29) is 11.9 Å². The number of amides is 3. The summed E-state index contributed by atoms with van der Waals surface area (Å²) in [5.41, 5.74) is 2.92. The number of fused-ring (bicyclic) bond motifs is 1. The molecule has 0 bridgehead atoms. The van der Waals surface area contributed by atoms with Gasteiger partial charge in [0.25, 0.3) is 5.91 Å². The van der Waals surface area contributed by atoms with Gasteiger partial charge in [0.2, 0.25) is 11.9 Å². The number of amidine groups is 1. The Labute approximate surface area is 188 Å². The van der Waals surface area contributed by atoms with E-state index in [0.29, 0.717) is 37.2 Å². The molecular weight excluding hydrogens is 404 g/mol. The van der Waals surface area contributed by atoms with Gasteiger partial charge in [-0.05, 0) is 44.2 Å². The van der Waals surface area contributed by atoms with Gasteiger partial charge in [0, 0.05) is 13.6 Å². The third kappa shape index (κ3) is 3.97. The smallest absolute Gasteiger partial charge is 0.270 e. The van der Waals surface area contributed by atoms with Gasteiger partial charge in [-0.15, -0.1) is 9.78 Å². The highest BCUT2D eigenvalue weighted by molar-refractivity contribution is 6.23. The SMILES string of the molecule is Cc1cc(C)n(C2=[N+](CCC(C)C)C3C(=O)N(CCc4ccccc4)C(=O)N(C)C3=N2)n1. The van der Waals surface area contributed by atoms with Gasteiger partial charge in [0.15, 0.2) is 0 Å². The molecule has 32 heavy (non-hydrogen) atoms. The number of urea groups is 1. The first-order chi connectivity index (χ1) is 15.3. The summed E-state index contributed by atoms with van der Waals surface area (Å²) in [5.74, 6) is 1.33. The zero-order chi connectivity index (χ0) is 23.0. The molecule has 2 aliphatic rings. The second kappa shape index (κ2) is 8.68. The fraction of sp³-hybridized carbons (Fsp3) is 0.458. The largest absolute Gasteiger partial charge is 0.421 e. The maximum Gasteiger partial charge on any atom is 0.421 e. The Hall–Kier alpha value is -3.29. The standard InChI is InChI=1S/C24H31N6O2/c1-16(2)11-13-28-20-21(25-23(28)30-18(4)15-17(3)26-30)27(5)24(32)29(22(20)31)14-12-19-9-7-6-8-10-19/h6-10,15-16,20H,11-14H2,1-5H3/q+1. The van der Waals surface area contributed by atoms with E-state index in [1.165, 1.54) is 9.80 Å². The molecule has 1 saturated heterocycles. The van der Waals surface area contributed by atoms with E-state index in [2.05, 4.69) is 18.9 Å². The Bertz CT molecular complexity index is 1100. The van der Waals surface area contributed by atoms with Crippen LogP contribution in [-0.2, 0) is 11.2 Å². The zero-order valence-electron chi connectivity index (χ0n) is 19.4. The summed E-state index contributed by atoms with van der Waals surface area (Å²) in [7, 11) is 1.70. The molecular formula is C24H31N6O2+. The summed E-state index contributed by atoms with van der Waals surface area (Å²) in [5, 5.41) is 4.59. The van der Waals surface area contributed by atoms with E-state index in [9.17, 15) is 9.59 Å². The third-order valence-corrected chi connectivity index (χ3v) is 6.00. The maximum absolute atomic E-state index is 13.6. The number of imide groups is 1. The number of benzene rings is 1. The lowest BCUT2D eigenvalue weighted by molar-refractivity contribution is -0.538. The molecule has 4 rings (SSSR count). The van der Waals surface area contributed by atoms with Crippen molar-refractivity contribution in [2.45, 2.75) is 46.6 Å². The van der Waals surface area contributed by atoms with Crippen molar-refractivity contribution in [1.29, 1.82) is 0 Å². The number of aryl methyl sites for hydroxylation is 2. The molecule has 1 atom stereocenters. The molecule has 2 aromatic rings. The maximum atomic E-state index is 13.6. The van der Waals surface area contributed by atoms with Crippen LogP contribution in [-0.4, -0.2) is 74.1 Å². The fourth-order valence-corrected chi connectivity index (χ4v) is 4.22. The van der Waals surface area contributed by atoms with Crippen LogP contribution in [0.1, 0.15) is 37.2 Å². The second-order valence-corrected chi connectivity index (χ2v) is 8.95. The summed E-state index contributed by atoms with van der Waals surface area (Å²) in [6.07, 6.45) is 1.52. The lowest BCUT2D eigenvalue weighted by Crippen LogP contribution is -2.63. The van der Waals surface area contributed by atoms with E-state index in [4.69, 9.17) is 4.99 Å². The molecule has 168 valence electrons. The Morgan fingerprint density at radius 2 is 1.84 bits per heavy atom. The van der Waals surface area contributed by atoms with Crippen LogP contribution in [0, 0.1) is 19.8 Å². The molecule has 8 heteroatoms. The number of carbonyl (C=O) groups excluding carboxylic acids is 2. The lowest BCUT2D eigenvalue weighted by atomic mass is 10.1. The van der Waals surface area contributed by atoms with E-state index in [1.54, 1.807) is 11.7 Å². The molecule has 1 fully saturated rings. The summed E-state index contributed by atoms with van der Waals surface area (Å²) in [6, 6.07) is 10.9. The van der Waals surface area contributed by atoms with Crippen molar-refractivity contribution in [3.05, 3.63) is 53.3 Å². The minimum Gasteiger partial charge on any atom is -0.270 e. The van der Waals surface area contributed by atoms with Crippen molar-refractivity contribution in [2.75, 3.05) is 20.1 Å². The predicted molar refractivity (Wildman–Crippen MR) is 123 cm³/mol. The normalized spacial score (nSPS) is 18.7. The molecule has 0 radical (unpaired) electrons. The zero-order valence-corrected chi connectivity index (χ0v) is 19.4. The van der Waals surface area contributed by atoms with Crippen LogP contribution < -0.4 is 0 Å². The molecule has 0 saturated carbocycles. The number of likely N-dealkylation sites (N-methyl/N-ethyl adjacent to an activating group) is 1. The molecule has 3 heterocycles. The van der Waals surface area contributed by atoms with Crippen molar-refractivity contribution >= 4 is 23.7 Å². The summed E-state index contributed by atoms with van der Waals surface area (Å²) in [6.45, 7) is 9.21. The number of carbonyl (C=O) groups is 2. The predicted octanol–water partition coefficient (Wildman–Crippen LogP) is 2.68. The van der Waals surface area contributed by atoms with Crippen LogP contribution in [0.15, 0.2) is 41.4 Å². The average molecular weight is 436 g/mol. The summed E-state index contributed by atoms with van der Waals surface area (Å²) >= 11 is 0. The molecule has 8 nitrogen and oxygen atoms in total. The quantitative estimate of drug-likeness (QED) is 0.655. The van der Waals surface area contributed by atoms with Gasteiger partial charge in [0.05, 0.1) is 12.2 Å². The molecule has 2 aliphatic heterocycles. The van der Waals surface area contributed by atoms with Gasteiger partial charge in [-0.3, -0.25) is 14.6 Å². The minimum atomic E-state index is -0.619. The van der Waals surface area contributed by atoms with Crippen LogP contribution >= 0.6 is 0 Å². The van der Waals surface area contributed by atoms with Crippen LogP contribution in [0.2, 0.25) is 0 Å². The summed E-state index contributed by atoms with van der Waals surface area (Å²) < 4.78 is 3.79. The molecule has 0 N–H and O–H groups in total. The van der Waals surface area contributed by atoms with E-state index in [0.717, 1.165) is 23.4 Å². The van der Waals surface area contributed by atoms with Gasteiger partial charge in [-0.1, -0.05) is 49.2 Å². The molecule has 1 unspecified atom stereocenters. The fourth-order valence-electron chi connectivity index (χ4n) is 4.22. The number of nitrogens with zero attached hydrogens (tertiary/aromatic N) is 6. The Morgan fingerprint density at radius 3 is 2.47 bits per heavy atom. The van der Waals surface area contributed by atoms with Crippen molar-refractivity contribution in [1.82, 2.24) is 19.6 Å². The van der Waals surface area contributed by atoms with E-state index >= 15 is 0 Å². The number of rotatable bonds is 6. The van der Waals surface area contributed by atoms with Crippen LogP contribution in [0.3, 0.4) is 0 Å². The second-order valence-electron chi connectivity index (χ2n) is 8.95. The summed E-state index contributed by atoms with van der Waals surface area (Å²) in [4.78, 5) is 34.3. The number of hydrogen-bond donors (Lipinski definition) is 0. The van der Waals surface area contributed by atoms with Crippen LogP contribution in [0.25, 0.3) is 0 Å². The molecule has 0 spiro atoms. The number of aromatic nitrogens is 2. The highest BCUT2D eigenvalue weighted by Crippen LogP contribution is 2.22. The van der Waals surface area contributed by atoms with Crippen molar-refractivity contribution in [3.8, 4) is 0 Å². The monoisotopic (exact) mass is 435 g/mol.